The maximum atomic E-state index is 13.9. The van der Waals surface area contributed by atoms with E-state index in [-0.39, 0.29) is 37.7 Å². The van der Waals surface area contributed by atoms with Crippen molar-refractivity contribution in [3.63, 3.8) is 0 Å². The summed E-state index contributed by atoms with van der Waals surface area (Å²) in [6.07, 6.45) is 1.59. The van der Waals surface area contributed by atoms with E-state index in [1.54, 1.807) is 12.1 Å². The third kappa shape index (κ3) is 7.26. The van der Waals surface area contributed by atoms with Crippen LogP contribution in [0.1, 0.15) is 37.7 Å². The standard InChI is InChI=1S/C17H23BF3NO3/c18-17(23,24)22-9-1-2-12-3-4-14(19)15(10-12)25-11-13-5-7-16(20,21)8-6-13/h3-4,10,13,22-24H,1-2,5-9,11H2. The number of benzene rings is 1. The van der Waals surface area contributed by atoms with Crippen LogP contribution in [0.4, 0.5) is 13.2 Å². The van der Waals surface area contributed by atoms with Crippen LogP contribution in [0.2, 0.25) is 0 Å². The Morgan fingerprint density at radius 3 is 2.60 bits per heavy atom. The van der Waals surface area contributed by atoms with Gasteiger partial charge >= 0.3 is 0 Å². The van der Waals surface area contributed by atoms with Crippen LogP contribution in [0.5, 0.6) is 5.75 Å². The molecule has 0 unspecified atom stereocenters. The first kappa shape index (κ1) is 20.1. The van der Waals surface area contributed by atoms with Crippen molar-refractivity contribution in [3.05, 3.63) is 29.6 Å². The molecular formula is C17H23BF3NO3. The summed E-state index contributed by atoms with van der Waals surface area (Å²) in [5.41, 5.74) is 0.826. The fraction of sp³-hybridized carbons (Fsp3) is 0.647. The van der Waals surface area contributed by atoms with Gasteiger partial charge in [0.1, 0.15) is 0 Å². The Bertz CT molecular complexity index is 557. The third-order valence-electron chi connectivity index (χ3n) is 4.33. The Morgan fingerprint density at radius 1 is 1.28 bits per heavy atom. The number of hydrogen-bond donors (Lipinski definition) is 3. The Hall–Kier alpha value is -1.25. The molecule has 25 heavy (non-hydrogen) atoms. The van der Waals surface area contributed by atoms with Gasteiger partial charge in [-0.15, -0.1) is 0 Å². The highest BCUT2D eigenvalue weighted by atomic mass is 19.3. The van der Waals surface area contributed by atoms with Crippen LogP contribution >= 0.6 is 0 Å². The molecule has 1 aromatic rings. The smallest absolute Gasteiger partial charge is 0.248 e. The van der Waals surface area contributed by atoms with Crippen molar-refractivity contribution in [1.82, 2.24) is 5.32 Å². The zero-order chi connectivity index (χ0) is 18.5. The van der Waals surface area contributed by atoms with Crippen molar-refractivity contribution in [3.8, 4) is 5.75 Å². The Labute approximate surface area is 146 Å². The van der Waals surface area contributed by atoms with Gasteiger partial charge < -0.3 is 14.9 Å². The molecule has 0 aromatic heterocycles. The predicted octanol–water partition coefficient (Wildman–Crippen LogP) is 2.32. The first-order valence-corrected chi connectivity index (χ1v) is 8.42. The molecule has 1 fully saturated rings. The van der Waals surface area contributed by atoms with Crippen molar-refractivity contribution >= 4 is 7.85 Å². The second-order valence-corrected chi connectivity index (χ2v) is 6.63. The van der Waals surface area contributed by atoms with E-state index in [0.29, 0.717) is 25.7 Å². The van der Waals surface area contributed by atoms with E-state index in [1.807, 2.05) is 0 Å². The summed E-state index contributed by atoms with van der Waals surface area (Å²) in [6.45, 7) is 0.496. The molecule has 1 aliphatic carbocycles. The first-order valence-electron chi connectivity index (χ1n) is 8.42. The third-order valence-corrected chi connectivity index (χ3v) is 4.33. The molecule has 8 heteroatoms. The summed E-state index contributed by atoms with van der Waals surface area (Å²) in [5, 5.41) is 20.2. The van der Waals surface area contributed by atoms with Crippen LogP contribution in [-0.2, 0) is 6.42 Å². The Morgan fingerprint density at radius 2 is 1.96 bits per heavy atom. The van der Waals surface area contributed by atoms with Gasteiger partial charge in [-0.25, -0.2) is 13.2 Å². The van der Waals surface area contributed by atoms with E-state index < -0.39 is 17.6 Å². The SMILES string of the molecule is [B]C(O)(O)NCCCc1ccc(F)c(OCC2CCC(F)(F)CC2)c1. The maximum Gasteiger partial charge on any atom is 0.248 e. The zero-order valence-electron chi connectivity index (χ0n) is 14.0. The maximum absolute atomic E-state index is 13.9. The second kappa shape index (κ2) is 8.42. The average Bonchev–Trinajstić information content (AvgIpc) is 2.52. The molecule has 0 amide bonds. The minimum atomic E-state index is -2.58. The van der Waals surface area contributed by atoms with Gasteiger partial charge in [0.25, 0.3) is 0 Å². The van der Waals surface area contributed by atoms with Gasteiger partial charge in [-0.3, -0.25) is 5.32 Å². The summed E-state index contributed by atoms with van der Waals surface area (Å²) in [5.74, 6) is -5.36. The van der Waals surface area contributed by atoms with Gasteiger partial charge in [-0.2, -0.15) is 0 Å². The van der Waals surface area contributed by atoms with Crippen molar-refractivity contribution in [2.45, 2.75) is 50.3 Å². The molecule has 138 valence electrons. The van der Waals surface area contributed by atoms with Gasteiger partial charge in [0.15, 0.2) is 25.2 Å². The van der Waals surface area contributed by atoms with Gasteiger partial charge in [-0.1, -0.05) is 6.07 Å². The molecule has 0 spiro atoms. The normalized spacial score (nSPS) is 18.3. The number of alkyl halides is 2. The van der Waals surface area contributed by atoms with Crippen molar-refractivity contribution < 1.29 is 28.1 Å². The minimum absolute atomic E-state index is 0.0127. The first-order chi connectivity index (χ1) is 11.6. The summed E-state index contributed by atoms with van der Waals surface area (Å²) in [7, 11) is 4.97. The van der Waals surface area contributed by atoms with E-state index in [1.165, 1.54) is 6.07 Å². The molecule has 1 aliphatic rings. The van der Waals surface area contributed by atoms with Crippen LogP contribution in [0.3, 0.4) is 0 Å². The lowest BCUT2D eigenvalue weighted by molar-refractivity contribution is -0.111. The van der Waals surface area contributed by atoms with Gasteiger partial charge in [0, 0.05) is 12.8 Å². The van der Waals surface area contributed by atoms with E-state index in [9.17, 15) is 13.2 Å². The number of ether oxygens (including phenoxy) is 1. The summed E-state index contributed by atoms with van der Waals surface area (Å²) in [6, 6.07) is 4.51. The molecule has 0 bridgehead atoms. The fourth-order valence-corrected chi connectivity index (χ4v) is 2.85. The second-order valence-electron chi connectivity index (χ2n) is 6.63. The van der Waals surface area contributed by atoms with E-state index in [0.717, 1.165) is 5.56 Å². The molecule has 0 aliphatic heterocycles. The van der Waals surface area contributed by atoms with E-state index >= 15 is 0 Å². The van der Waals surface area contributed by atoms with Crippen LogP contribution in [0.15, 0.2) is 18.2 Å². The van der Waals surface area contributed by atoms with Crippen LogP contribution in [0, 0.1) is 11.7 Å². The van der Waals surface area contributed by atoms with Crippen molar-refractivity contribution in [2.24, 2.45) is 5.92 Å². The predicted molar refractivity (Wildman–Crippen MR) is 88.0 cm³/mol. The topological polar surface area (TPSA) is 61.7 Å². The molecule has 0 atom stereocenters. The number of hydrogen-bond acceptors (Lipinski definition) is 4. The lowest BCUT2D eigenvalue weighted by atomic mass is 9.87. The molecule has 4 nitrogen and oxygen atoms in total. The quantitative estimate of drug-likeness (QED) is 0.380. The van der Waals surface area contributed by atoms with E-state index in [4.69, 9.17) is 22.8 Å². The minimum Gasteiger partial charge on any atom is -0.490 e. The number of nitrogens with one attached hydrogen (secondary N) is 1. The van der Waals surface area contributed by atoms with Crippen LogP contribution in [-0.4, -0.2) is 42.9 Å². The van der Waals surface area contributed by atoms with Gasteiger partial charge in [0.05, 0.1) is 6.61 Å². The molecule has 1 aromatic carbocycles. The average molecular weight is 357 g/mol. The van der Waals surface area contributed by atoms with Crippen molar-refractivity contribution in [1.29, 1.82) is 0 Å². The largest absolute Gasteiger partial charge is 0.490 e. The number of rotatable bonds is 8. The van der Waals surface area contributed by atoms with Crippen molar-refractivity contribution in [2.75, 3.05) is 13.2 Å². The highest BCUT2D eigenvalue weighted by Gasteiger charge is 2.35. The Kier molecular flexibility index (Phi) is 6.76. The van der Waals surface area contributed by atoms with Gasteiger partial charge in [-0.05, 0) is 55.8 Å². The number of aliphatic hydroxyl groups is 2. The number of halogens is 3. The lowest BCUT2D eigenvalue weighted by Gasteiger charge is -2.28. The summed E-state index contributed by atoms with van der Waals surface area (Å²) < 4.78 is 45.6. The zero-order valence-corrected chi connectivity index (χ0v) is 14.0. The molecule has 0 saturated heterocycles. The lowest BCUT2D eigenvalue weighted by Crippen LogP contribution is -2.45. The molecule has 3 N–H and O–H groups in total. The molecule has 1 saturated carbocycles. The van der Waals surface area contributed by atoms with Crippen LogP contribution in [0.25, 0.3) is 0 Å². The molecule has 0 heterocycles. The molecule has 2 radical (unpaired) electrons. The highest BCUT2D eigenvalue weighted by Crippen LogP contribution is 2.36. The number of aryl methyl sites for hydroxylation is 1. The summed E-state index contributed by atoms with van der Waals surface area (Å²) >= 11 is 0. The fourth-order valence-electron chi connectivity index (χ4n) is 2.85. The highest BCUT2D eigenvalue weighted by molar-refractivity contribution is 6.12. The molecule has 2 rings (SSSR count). The Balaban J connectivity index is 1.80. The van der Waals surface area contributed by atoms with Gasteiger partial charge in [0.2, 0.25) is 5.92 Å². The monoisotopic (exact) mass is 357 g/mol. The molecular weight excluding hydrogens is 334 g/mol. The van der Waals surface area contributed by atoms with E-state index in [2.05, 4.69) is 5.32 Å². The van der Waals surface area contributed by atoms with Crippen LogP contribution < -0.4 is 10.1 Å². The summed E-state index contributed by atoms with van der Waals surface area (Å²) in [4.78, 5) is 0.